The number of alkyl halides is 2. The van der Waals surface area contributed by atoms with Gasteiger partial charge in [0.1, 0.15) is 0 Å². The minimum absolute atomic E-state index is 0.146. The highest BCUT2D eigenvalue weighted by molar-refractivity contribution is 6.34. The number of amides is 2. The predicted molar refractivity (Wildman–Crippen MR) is 124 cm³/mol. The second kappa shape index (κ2) is 9.38. The molecular weight excluding hydrogens is 450 g/mol. The van der Waals surface area contributed by atoms with Crippen LogP contribution in [-0.2, 0) is 4.79 Å². The van der Waals surface area contributed by atoms with E-state index in [-0.39, 0.29) is 16.6 Å². The number of anilines is 2. The van der Waals surface area contributed by atoms with Crippen LogP contribution in [0.5, 0.6) is 0 Å². The number of fused-ring (bicyclic) bond motifs is 1. The number of nitrogens with one attached hydrogen (secondary N) is 1. The third kappa shape index (κ3) is 5.01. The maximum atomic E-state index is 12.8. The van der Waals surface area contributed by atoms with Crippen LogP contribution < -0.4 is 10.2 Å². The van der Waals surface area contributed by atoms with E-state index in [4.69, 9.17) is 11.6 Å². The quantitative estimate of drug-likeness (QED) is 0.405. The molecule has 1 aromatic carbocycles. The van der Waals surface area contributed by atoms with Crippen molar-refractivity contribution >= 4 is 40.3 Å². The summed E-state index contributed by atoms with van der Waals surface area (Å²) in [5.74, 6) is -0.840. The van der Waals surface area contributed by atoms with Gasteiger partial charge < -0.3 is 14.6 Å². The number of benzene rings is 1. The van der Waals surface area contributed by atoms with Crippen molar-refractivity contribution in [3.05, 3.63) is 83.8 Å². The van der Waals surface area contributed by atoms with E-state index in [2.05, 4.69) is 10.3 Å². The maximum Gasteiger partial charge on any atom is 0.257 e. The fourth-order valence-electron chi connectivity index (χ4n) is 3.43. The Bertz CT molecular complexity index is 1320. The predicted octanol–water partition coefficient (Wildman–Crippen LogP) is 5.53. The largest absolute Gasteiger partial charge is 0.322 e. The van der Waals surface area contributed by atoms with Crippen molar-refractivity contribution in [1.82, 2.24) is 9.38 Å². The lowest BCUT2D eigenvalue weighted by Gasteiger charge is -2.22. The molecule has 4 aromatic rings. The van der Waals surface area contributed by atoms with Crippen LogP contribution in [0.25, 0.3) is 16.8 Å². The number of hydrogen-bond donors (Lipinski definition) is 1. The molecule has 0 aliphatic rings. The van der Waals surface area contributed by atoms with Gasteiger partial charge >= 0.3 is 0 Å². The molecule has 0 unspecified atom stereocenters. The second-order valence-electron chi connectivity index (χ2n) is 7.33. The minimum atomic E-state index is -2.69. The molecule has 9 heteroatoms. The molecule has 4 rings (SSSR count). The van der Waals surface area contributed by atoms with Crippen LogP contribution >= 0.6 is 11.6 Å². The number of hydrogen-bond acceptors (Lipinski definition) is 3. The summed E-state index contributed by atoms with van der Waals surface area (Å²) < 4.78 is 27.5. The van der Waals surface area contributed by atoms with Crippen molar-refractivity contribution in [2.45, 2.75) is 13.3 Å². The molecule has 6 nitrogen and oxygen atoms in total. The molecule has 1 N–H and O–H groups in total. The van der Waals surface area contributed by atoms with Gasteiger partial charge in [-0.2, -0.15) is 0 Å². The van der Waals surface area contributed by atoms with Crippen molar-refractivity contribution in [1.29, 1.82) is 0 Å². The normalized spacial score (nSPS) is 11.1. The van der Waals surface area contributed by atoms with E-state index in [1.54, 1.807) is 24.3 Å². The van der Waals surface area contributed by atoms with Gasteiger partial charge in [0, 0.05) is 36.6 Å². The monoisotopic (exact) mass is 468 g/mol. The number of aromatic nitrogens is 2. The number of pyridine rings is 2. The molecule has 0 fully saturated rings. The van der Waals surface area contributed by atoms with Gasteiger partial charge in [0.15, 0.2) is 0 Å². The molecule has 3 heterocycles. The fourth-order valence-corrected chi connectivity index (χ4v) is 3.71. The minimum Gasteiger partial charge on any atom is -0.322 e. The summed E-state index contributed by atoms with van der Waals surface area (Å²) in [4.78, 5) is 29.6. The van der Waals surface area contributed by atoms with E-state index >= 15 is 0 Å². The van der Waals surface area contributed by atoms with Crippen molar-refractivity contribution in [2.24, 2.45) is 0 Å². The Morgan fingerprint density at radius 1 is 1.15 bits per heavy atom. The van der Waals surface area contributed by atoms with Gasteiger partial charge in [-0.1, -0.05) is 17.7 Å². The van der Waals surface area contributed by atoms with E-state index in [0.717, 1.165) is 10.4 Å². The van der Waals surface area contributed by atoms with Crippen LogP contribution in [0.3, 0.4) is 0 Å². The van der Waals surface area contributed by atoms with Crippen LogP contribution in [0.2, 0.25) is 5.02 Å². The van der Waals surface area contributed by atoms with Crippen molar-refractivity contribution < 1.29 is 18.4 Å². The summed E-state index contributed by atoms with van der Waals surface area (Å²) in [5.41, 5.74) is 3.39. The first-order valence-corrected chi connectivity index (χ1v) is 10.4. The molecule has 0 saturated carbocycles. The van der Waals surface area contributed by atoms with E-state index in [9.17, 15) is 18.4 Å². The summed E-state index contributed by atoms with van der Waals surface area (Å²) in [6, 6.07) is 15.6. The Labute approximate surface area is 193 Å². The summed E-state index contributed by atoms with van der Waals surface area (Å²) in [5, 5.41) is 2.98. The Morgan fingerprint density at radius 3 is 2.64 bits per heavy atom. The first-order valence-electron chi connectivity index (χ1n) is 10.0. The van der Waals surface area contributed by atoms with E-state index in [1.807, 2.05) is 41.1 Å². The van der Waals surface area contributed by atoms with Crippen molar-refractivity contribution in [2.75, 3.05) is 16.8 Å². The summed E-state index contributed by atoms with van der Waals surface area (Å²) in [6.45, 7) is 0.461. The Hall–Kier alpha value is -3.78. The third-order valence-electron chi connectivity index (χ3n) is 5.04. The van der Waals surface area contributed by atoms with Crippen LogP contribution in [0.1, 0.15) is 17.3 Å². The molecule has 0 aliphatic heterocycles. The molecular formula is C24H19ClF2N4O2. The molecule has 2 amide bonds. The highest BCUT2D eigenvalue weighted by Gasteiger charge is 2.20. The highest BCUT2D eigenvalue weighted by atomic mass is 35.5. The van der Waals surface area contributed by atoms with Crippen LogP contribution in [0.15, 0.2) is 73.2 Å². The fraction of sp³-hybridized carbons (Fsp3) is 0.125. The third-order valence-corrected chi connectivity index (χ3v) is 5.34. The number of carbonyl (C=O) groups excluding carboxylic acids is 2. The van der Waals surface area contributed by atoms with Crippen LogP contribution in [0.4, 0.5) is 20.2 Å². The zero-order valence-corrected chi connectivity index (χ0v) is 18.3. The average Bonchev–Trinajstić information content (AvgIpc) is 3.25. The van der Waals surface area contributed by atoms with Crippen LogP contribution in [0, 0.1) is 0 Å². The number of halogens is 3. The lowest BCUT2D eigenvalue weighted by molar-refractivity contribution is -0.117. The molecule has 0 radical (unpaired) electrons. The highest BCUT2D eigenvalue weighted by Crippen LogP contribution is 2.31. The van der Waals surface area contributed by atoms with E-state index in [0.29, 0.717) is 22.5 Å². The summed E-state index contributed by atoms with van der Waals surface area (Å²) in [7, 11) is 0. The van der Waals surface area contributed by atoms with Gasteiger partial charge in [-0.25, -0.2) is 8.78 Å². The maximum absolute atomic E-state index is 12.8. The molecule has 3 aromatic heterocycles. The average molecular weight is 469 g/mol. The smallest absolute Gasteiger partial charge is 0.257 e. The van der Waals surface area contributed by atoms with Crippen molar-refractivity contribution in [3.63, 3.8) is 0 Å². The summed E-state index contributed by atoms with van der Waals surface area (Å²) >= 11 is 6.27. The molecule has 168 valence electrons. The summed E-state index contributed by atoms with van der Waals surface area (Å²) in [6.07, 6.45) is 2.46. The van der Waals surface area contributed by atoms with Gasteiger partial charge in [0.25, 0.3) is 12.3 Å². The zero-order chi connectivity index (χ0) is 23.5. The Kier molecular flexibility index (Phi) is 6.37. The SMILES string of the molecule is CC(=O)N(CC(F)F)c1ccc(-c2ccc(C(=O)Nc3ccc4cccn4c3)cn2)cc1Cl. The Balaban J connectivity index is 1.50. The first kappa shape index (κ1) is 22.4. The van der Waals surface area contributed by atoms with E-state index < -0.39 is 18.9 Å². The van der Waals surface area contributed by atoms with Crippen molar-refractivity contribution in [3.8, 4) is 11.3 Å². The van der Waals surface area contributed by atoms with Gasteiger partial charge in [0.05, 0.1) is 34.2 Å². The number of nitrogens with zero attached hydrogens (tertiary/aromatic N) is 3. The molecule has 0 atom stereocenters. The van der Waals surface area contributed by atoms with E-state index in [1.165, 1.54) is 19.2 Å². The first-order chi connectivity index (χ1) is 15.8. The molecule has 33 heavy (non-hydrogen) atoms. The zero-order valence-electron chi connectivity index (χ0n) is 17.5. The van der Waals surface area contributed by atoms with Gasteiger partial charge in [-0.05, 0) is 48.5 Å². The molecule has 0 aliphatic carbocycles. The standard InChI is InChI=1S/C24H19ClF2N4O2/c1-15(32)31(14-23(26)27)22-9-5-16(11-20(22)25)21-8-4-17(12-28-21)24(33)29-18-6-7-19-3-2-10-30(19)13-18/h2-13,23H,14H2,1H3,(H,29,33). The lowest BCUT2D eigenvalue weighted by atomic mass is 10.1. The van der Waals surface area contributed by atoms with Crippen LogP contribution in [-0.4, -0.2) is 34.2 Å². The van der Waals surface area contributed by atoms with Gasteiger partial charge in [-0.15, -0.1) is 0 Å². The van der Waals surface area contributed by atoms with Gasteiger partial charge in [-0.3, -0.25) is 14.6 Å². The number of carbonyl (C=O) groups is 2. The lowest BCUT2D eigenvalue weighted by Crippen LogP contribution is -2.33. The Morgan fingerprint density at radius 2 is 1.97 bits per heavy atom. The van der Waals surface area contributed by atoms with Gasteiger partial charge in [0.2, 0.25) is 5.91 Å². The molecule has 0 bridgehead atoms. The molecule has 0 saturated heterocycles. The molecule has 0 spiro atoms. The second-order valence-corrected chi connectivity index (χ2v) is 7.74. The number of rotatable bonds is 6. The topological polar surface area (TPSA) is 66.7 Å².